The summed E-state index contributed by atoms with van der Waals surface area (Å²) in [4.78, 5) is 4.03. The third kappa shape index (κ3) is 2.09. The van der Waals surface area contributed by atoms with Crippen molar-refractivity contribution in [3.8, 4) is 5.75 Å². The molecule has 0 N–H and O–H groups in total. The average Bonchev–Trinajstić information content (AvgIpc) is 1.95. The first-order valence-corrected chi connectivity index (χ1v) is 3.87. The Morgan fingerprint density at radius 3 is 2.82 bits per heavy atom. The Labute approximate surface area is 71.2 Å². The van der Waals surface area contributed by atoms with Gasteiger partial charge in [0.2, 0.25) is 0 Å². The van der Waals surface area contributed by atoms with Gasteiger partial charge in [0, 0.05) is 5.69 Å². The van der Waals surface area contributed by atoms with Gasteiger partial charge in [0.05, 0.1) is 6.61 Å². The topological polar surface area (TPSA) is 22.1 Å². The molecule has 0 atom stereocenters. The molecule has 0 amide bonds. The maximum atomic E-state index is 5.77. The Morgan fingerprint density at radius 2 is 2.27 bits per heavy atom. The number of ether oxygens (including phenoxy) is 1. The van der Waals surface area contributed by atoms with Gasteiger partial charge in [-0.2, -0.15) is 0 Å². The van der Waals surface area contributed by atoms with Crippen molar-refractivity contribution in [3.63, 3.8) is 0 Å². The van der Waals surface area contributed by atoms with Crippen LogP contribution < -0.4 is 4.74 Å². The average molecular weight is 172 g/mol. The van der Waals surface area contributed by atoms with Crippen LogP contribution in [-0.2, 0) is 0 Å². The zero-order valence-corrected chi connectivity index (χ0v) is 7.35. The van der Waals surface area contributed by atoms with Gasteiger partial charge in [-0.05, 0) is 26.0 Å². The molecule has 0 saturated heterocycles. The lowest BCUT2D eigenvalue weighted by Gasteiger charge is -2.03. The van der Waals surface area contributed by atoms with Gasteiger partial charge in [-0.25, -0.2) is 4.98 Å². The smallest absolute Gasteiger partial charge is 0.171 e. The van der Waals surface area contributed by atoms with Gasteiger partial charge >= 0.3 is 0 Å². The highest BCUT2D eigenvalue weighted by molar-refractivity contribution is 6.30. The summed E-state index contributed by atoms with van der Waals surface area (Å²) in [6.07, 6.45) is 0. The van der Waals surface area contributed by atoms with Crippen molar-refractivity contribution in [3.05, 3.63) is 23.0 Å². The molecular formula is C8H10ClNO. The minimum atomic E-state index is 0.437. The van der Waals surface area contributed by atoms with Crippen molar-refractivity contribution in [2.24, 2.45) is 0 Å². The van der Waals surface area contributed by atoms with E-state index in [1.807, 2.05) is 26.0 Å². The zero-order chi connectivity index (χ0) is 8.27. The lowest BCUT2D eigenvalue weighted by molar-refractivity contribution is 0.339. The number of aryl methyl sites for hydroxylation is 1. The van der Waals surface area contributed by atoms with Crippen LogP contribution in [-0.4, -0.2) is 11.6 Å². The first kappa shape index (κ1) is 8.34. The van der Waals surface area contributed by atoms with E-state index in [-0.39, 0.29) is 0 Å². The second-order valence-corrected chi connectivity index (χ2v) is 2.53. The minimum absolute atomic E-state index is 0.437. The van der Waals surface area contributed by atoms with E-state index in [0.717, 1.165) is 5.69 Å². The molecule has 1 heterocycles. The molecule has 0 aliphatic heterocycles. The van der Waals surface area contributed by atoms with Crippen LogP contribution in [0.25, 0.3) is 0 Å². The van der Waals surface area contributed by atoms with Crippen molar-refractivity contribution in [1.29, 1.82) is 0 Å². The Balaban J connectivity index is 2.90. The van der Waals surface area contributed by atoms with Crippen LogP contribution in [0.15, 0.2) is 12.1 Å². The fourth-order valence-electron chi connectivity index (χ4n) is 0.775. The van der Waals surface area contributed by atoms with E-state index in [4.69, 9.17) is 16.3 Å². The fourth-order valence-corrected chi connectivity index (χ4v) is 1.03. The summed E-state index contributed by atoms with van der Waals surface area (Å²) in [5, 5.41) is 0.437. The zero-order valence-electron chi connectivity index (χ0n) is 6.60. The predicted molar refractivity (Wildman–Crippen MR) is 45.2 cm³/mol. The molecule has 0 saturated carbocycles. The maximum Gasteiger partial charge on any atom is 0.171 e. The third-order valence-corrected chi connectivity index (χ3v) is 1.52. The van der Waals surface area contributed by atoms with E-state index in [0.29, 0.717) is 17.5 Å². The number of hydrogen-bond acceptors (Lipinski definition) is 2. The highest BCUT2D eigenvalue weighted by Crippen LogP contribution is 2.21. The summed E-state index contributed by atoms with van der Waals surface area (Å²) in [5.74, 6) is 0.653. The number of nitrogens with zero attached hydrogens (tertiary/aromatic N) is 1. The van der Waals surface area contributed by atoms with Crippen LogP contribution >= 0.6 is 11.6 Å². The monoisotopic (exact) mass is 171 g/mol. The van der Waals surface area contributed by atoms with Gasteiger partial charge in [-0.3, -0.25) is 0 Å². The fraction of sp³-hybridized carbons (Fsp3) is 0.375. The van der Waals surface area contributed by atoms with Crippen molar-refractivity contribution in [1.82, 2.24) is 4.98 Å². The van der Waals surface area contributed by atoms with Crippen molar-refractivity contribution < 1.29 is 4.74 Å². The van der Waals surface area contributed by atoms with Gasteiger partial charge in [0.25, 0.3) is 0 Å². The Morgan fingerprint density at radius 1 is 1.55 bits per heavy atom. The van der Waals surface area contributed by atoms with Crippen LogP contribution in [0.2, 0.25) is 5.15 Å². The molecule has 0 unspecified atom stereocenters. The molecule has 11 heavy (non-hydrogen) atoms. The summed E-state index contributed by atoms with van der Waals surface area (Å²) >= 11 is 5.77. The SMILES string of the molecule is CCOc1ccc(C)nc1Cl. The van der Waals surface area contributed by atoms with Gasteiger partial charge in [0.15, 0.2) is 10.9 Å². The molecule has 1 aromatic heterocycles. The summed E-state index contributed by atoms with van der Waals surface area (Å²) in [7, 11) is 0. The van der Waals surface area contributed by atoms with Gasteiger partial charge in [-0.15, -0.1) is 0 Å². The molecule has 1 aromatic rings. The van der Waals surface area contributed by atoms with Crippen LogP contribution in [0.5, 0.6) is 5.75 Å². The summed E-state index contributed by atoms with van der Waals surface area (Å²) < 4.78 is 5.20. The van der Waals surface area contributed by atoms with E-state index in [2.05, 4.69) is 4.98 Å². The molecule has 0 spiro atoms. The summed E-state index contributed by atoms with van der Waals surface area (Å²) in [6, 6.07) is 3.70. The number of halogens is 1. The molecule has 3 heteroatoms. The molecule has 0 aromatic carbocycles. The van der Waals surface area contributed by atoms with Crippen LogP contribution in [0, 0.1) is 6.92 Å². The molecule has 0 aliphatic rings. The number of rotatable bonds is 2. The van der Waals surface area contributed by atoms with Gasteiger partial charge in [0.1, 0.15) is 0 Å². The Bertz CT molecular complexity index is 250. The lowest BCUT2D eigenvalue weighted by atomic mass is 10.4. The molecule has 2 nitrogen and oxygen atoms in total. The standard InChI is InChI=1S/C8H10ClNO/c1-3-11-7-5-4-6(2)10-8(7)9/h4-5H,3H2,1-2H3. The molecule has 1 rings (SSSR count). The molecule has 0 fully saturated rings. The van der Waals surface area contributed by atoms with Crippen LogP contribution in [0.1, 0.15) is 12.6 Å². The molecule has 60 valence electrons. The van der Waals surface area contributed by atoms with Crippen LogP contribution in [0.3, 0.4) is 0 Å². The largest absolute Gasteiger partial charge is 0.491 e. The van der Waals surface area contributed by atoms with E-state index in [1.165, 1.54) is 0 Å². The highest BCUT2D eigenvalue weighted by Gasteiger charge is 2.00. The number of pyridine rings is 1. The first-order valence-electron chi connectivity index (χ1n) is 3.50. The Kier molecular flexibility index (Phi) is 2.71. The van der Waals surface area contributed by atoms with E-state index in [9.17, 15) is 0 Å². The van der Waals surface area contributed by atoms with Crippen molar-refractivity contribution >= 4 is 11.6 Å². The molecule has 0 aliphatic carbocycles. The lowest BCUT2D eigenvalue weighted by Crippen LogP contribution is -1.93. The van der Waals surface area contributed by atoms with Gasteiger partial charge < -0.3 is 4.74 Å². The quantitative estimate of drug-likeness (QED) is 0.638. The predicted octanol–water partition coefficient (Wildman–Crippen LogP) is 2.44. The van der Waals surface area contributed by atoms with E-state index >= 15 is 0 Å². The summed E-state index contributed by atoms with van der Waals surface area (Å²) in [5.41, 5.74) is 0.901. The molecule has 0 radical (unpaired) electrons. The van der Waals surface area contributed by atoms with E-state index in [1.54, 1.807) is 0 Å². The maximum absolute atomic E-state index is 5.77. The third-order valence-electron chi connectivity index (χ3n) is 1.25. The van der Waals surface area contributed by atoms with Crippen LogP contribution in [0.4, 0.5) is 0 Å². The normalized spacial score (nSPS) is 9.73. The second-order valence-electron chi connectivity index (χ2n) is 2.17. The molecular weight excluding hydrogens is 162 g/mol. The van der Waals surface area contributed by atoms with Crippen molar-refractivity contribution in [2.45, 2.75) is 13.8 Å². The second kappa shape index (κ2) is 3.58. The summed E-state index contributed by atoms with van der Waals surface area (Å²) in [6.45, 7) is 4.42. The Hall–Kier alpha value is -0.760. The van der Waals surface area contributed by atoms with E-state index < -0.39 is 0 Å². The van der Waals surface area contributed by atoms with Gasteiger partial charge in [-0.1, -0.05) is 11.6 Å². The van der Waals surface area contributed by atoms with Crippen molar-refractivity contribution in [2.75, 3.05) is 6.61 Å². The highest BCUT2D eigenvalue weighted by atomic mass is 35.5. The molecule has 0 bridgehead atoms. The first-order chi connectivity index (χ1) is 5.24. The minimum Gasteiger partial charge on any atom is -0.491 e. The number of aromatic nitrogens is 1. The number of hydrogen-bond donors (Lipinski definition) is 0.